The van der Waals surface area contributed by atoms with E-state index in [0.717, 1.165) is 35.2 Å². The lowest BCUT2D eigenvalue weighted by Crippen LogP contribution is -2.24. The van der Waals surface area contributed by atoms with Gasteiger partial charge in [0.25, 0.3) is 0 Å². The van der Waals surface area contributed by atoms with E-state index in [4.69, 9.17) is 0 Å². The van der Waals surface area contributed by atoms with Crippen molar-refractivity contribution in [3.05, 3.63) is 58.1 Å². The lowest BCUT2D eigenvalue weighted by Gasteiger charge is -2.18. The number of hydrogen-bond donors (Lipinski definition) is 1. The highest BCUT2D eigenvalue weighted by molar-refractivity contribution is 9.10. The van der Waals surface area contributed by atoms with E-state index < -0.39 is 0 Å². The minimum Gasteiger partial charge on any atom is -0.310 e. The van der Waals surface area contributed by atoms with Gasteiger partial charge in [0.15, 0.2) is 0 Å². The first-order valence-corrected chi connectivity index (χ1v) is 7.74. The highest BCUT2D eigenvalue weighted by atomic mass is 79.9. The predicted molar refractivity (Wildman–Crippen MR) is 85.6 cm³/mol. The number of halogens is 1. The van der Waals surface area contributed by atoms with Gasteiger partial charge in [0.1, 0.15) is 0 Å². The van der Waals surface area contributed by atoms with Gasteiger partial charge < -0.3 is 5.32 Å². The number of rotatable bonds is 6. The van der Waals surface area contributed by atoms with Crippen LogP contribution in [0.25, 0.3) is 0 Å². The minimum atomic E-state index is 0.261. The maximum atomic E-state index is 4.46. The van der Waals surface area contributed by atoms with E-state index in [9.17, 15) is 0 Å². The summed E-state index contributed by atoms with van der Waals surface area (Å²) in [5.41, 5.74) is 3.35. The molecule has 0 fully saturated rings. The second-order valence-electron chi connectivity index (χ2n) is 4.91. The average Bonchev–Trinajstić information content (AvgIpc) is 2.46. The molecule has 1 unspecified atom stereocenters. The minimum absolute atomic E-state index is 0.261. The van der Waals surface area contributed by atoms with Crippen molar-refractivity contribution in [3.8, 4) is 0 Å². The molecule has 0 spiro atoms. The quantitative estimate of drug-likeness (QED) is 0.872. The number of nitrogens with zero attached hydrogens (tertiary/aromatic N) is 2. The molecule has 0 amide bonds. The van der Waals surface area contributed by atoms with Gasteiger partial charge in [-0.1, -0.05) is 13.0 Å². The van der Waals surface area contributed by atoms with Gasteiger partial charge in [0.2, 0.25) is 0 Å². The van der Waals surface area contributed by atoms with Crippen LogP contribution in [-0.2, 0) is 6.42 Å². The zero-order valence-electron chi connectivity index (χ0n) is 11.9. The summed E-state index contributed by atoms with van der Waals surface area (Å²) in [7, 11) is 0. The van der Waals surface area contributed by atoms with E-state index >= 15 is 0 Å². The zero-order chi connectivity index (χ0) is 14.4. The third kappa shape index (κ3) is 4.39. The molecule has 0 aromatic carbocycles. The second-order valence-corrected chi connectivity index (χ2v) is 5.83. The molecule has 20 heavy (non-hydrogen) atoms. The maximum absolute atomic E-state index is 4.46. The topological polar surface area (TPSA) is 37.8 Å². The third-order valence-electron chi connectivity index (χ3n) is 3.18. The first-order chi connectivity index (χ1) is 9.69. The normalized spacial score (nSPS) is 12.3. The second kappa shape index (κ2) is 7.50. The molecular formula is C16H20BrN3. The number of nitrogens with one attached hydrogen (secondary N) is 1. The van der Waals surface area contributed by atoms with Crippen molar-refractivity contribution in [2.75, 3.05) is 6.54 Å². The van der Waals surface area contributed by atoms with Crippen LogP contribution in [0.4, 0.5) is 0 Å². The molecule has 1 N–H and O–H groups in total. The molecule has 0 saturated carbocycles. The molecule has 2 heterocycles. The van der Waals surface area contributed by atoms with Gasteiger partial charge in [-0.05, 0) is 59.6 Å². The fourth-order valence-electron chi connectivity index (χ4n) is 2.05. The SMILES string of the molecule is CCCNC(Cc1ccc(Br)cn1)c1ccc(C)nc1. The lowest BCUT2D eigenvalue weighted by atomic mass is 10.0. The molecule has 2 aromatic rings. The number of aryl methyl sites for hydroxylation is 1. The van der Waals surface area contributed by atoms with Crippen molar-refractivity contribution >= 4 is 15.9 Å². The summed E-state index contributed by atoms with van der Waals surface area (Å²) < 4.78 is 1.01. The molecule has 106 valence electrons. The Morgan fingerprint density at radius 2 is 2.00 bits per heavy atom. The molecule has 0 saturated heterocycles. The smallest absolute Gasteiger partial charge is 0.0423 e. The Morgan fingerprint density at radius 1 is 1.15 bits per heavy atom. The Labute approximate surface area is 129 Å². The Morgan fingerprint density at radius 3 is 2.60 bits per heavy atom. The Bertz CT molecular complexity index is 522. The van der Waals surface area contributed by atoms with Gasteiger partial charge in [-0.3, -0.25) is 9.97 Å². The number of pyridine rings is 2. The van der Waals surface area contributed by atoms with E-state index in [1.54, 1.807) is 0 Å². The summed E-state index contributed by atoms with van der Waals surface area (Å²) >= 11 is 3.42. The first-order valence-electron chi connectivity index (χ1n) is 6.95. The van der Waals surface area contributed by atoms with Crippen LogP contribution in [0.5, 0.6) is 0 Å². The van der Waals surface area contributed by atoms with Gasteiger partial charge in [-0.2, -0.15) is 0 Å². The molecule has 0 radical (unpaired) electrons. The fourth-order valence-corrected chi connectivity index (χ4v) is 2.28. The van der Waals surface area contributed by atoms with Gasteiger partial charge in [0.05, 0.1) is 0 Å². The molecule has 2 aromatic heterocycles. The predicted octanol–water partition coefficient (Wildman–Crippen LogP) is 3.83. The van der Waals surface area contributed by atoms with Gasteiger partial charge in [-0.15, -0.1) is 0 Å². The van der Waals surface area contributed by atoms with Crippen molar-refractivity contribution in [2.24, 2.45) is 0 Å². The lowest BCUT2D eigenvalue weighted by molar-refractivity contribution is 0.523. The summed E-state index contributed by atoms with van der Waals surface area (Å²) in [5, 5.41) is 3.58. The van der Waals surface area contributed by atoms with Crippen LogP contribution < -0.4 is 5.32 Å². The van der Waals surface area contributed by atoms with Crippen LogP contribution in [0.3, 0.4) is 0 Å². The number of aromatic nitrogens is 2. The molecule has 2 rings (SSSR count). The van der Waals surface area contributed by atoms with Crippen molar-refractivity contribution in [1.29, 1.82) is 0 Å². The summed E-state index contributed by atoms with van der Waals surface area (Å²) in [5.74, 6) is 0. The molecular weight excluding hydrogens is 314 g/mol. The highest BCUT2D eigenvalue weighted by Crippen LogP contribution is 2.18. The molecule has 3 nitrogen and oxygen atoms in total. The van der Waals surface area contributed by atoms with Crippen LogP contribution in [0.2, 0.25) is 0 Å². The summed E-state index contributed by atoms with van der Waals surface area (Å²) in [4.78, 5) is 8.86. The first kappa shape index (κ1) is 15.1. The molecule has 4 heteroatoms. The summed E-state index contributed by atoms with van der Waals surface area (Å²) in [6, 6.07) is 8.56. The van der Waals surface area contributed by atoms with Crippen molar-refractivity contribution in [1.82, 2.24) is 15.3 Å². The Kier molecular flexibility index (Phi) is 5.68. The van der Waals surface area contributed by atoms with Crippen LogP contribution in [0.15, 0.2) is 41.1 Å². The van der Waals surface area contributed by atoms with Gasteiger partial charge in [-0.25, -0.2) is 0 Å². The third-order valence-corrected chi connectivity index (χ3v) is 3.65. The molecule has 0 aliphatic carbocycles. The Hall–Kier alpha value is -1.26. The van der Waals surface area contributed by atoms with Crippen LogP contribution >= 0.6 is 15.9 Å². The average molecular weight is 334 g/mol. The van der Waals surface area contributed by atoms with Crippen LogP contribution in [0.1, 0.15) is 36.3 Å². The van der Waals surface area contributed by atoms with Crippen molar-refractivity contribution in [2.45, 2.75) is 32.7 Å². The maximum Gasteiger partial charge on any atom is 0.0423 e. The highest BCUT2D eigenvalue weighted by Gasteiger charge is 2.12. The van der Waals surface area contributed by atoms with Gasteiger partial charge >= 0.3 is 0 Å². The summed E-state index contributed by atoms with van der Waals surface area (Å²) in [6.45, 7) is 5.18. The van der Waals surface area contributed by atoms with Crippen molar-refractivity contribution in [3.63, 3.8) is 0 Å². The Balaban J connectivity index is 2.14. The molecule has 0 bridgehead atoms. The van der Waals surface area contributed by atoms with E-state index in [2.05, 4.69) is 56.3 Å². The van der Waals surface area contributed by atoms with Gasteiger partial charge in [0, 0.05) is 40.7 Å². The molecule has 0 aliphatic heterocycles. The monoisotopic (exact) mass is 333 g/mol. The van der Waals surface area contributed by atoms with E-state index in [0.29, 0.717) is 0 Å². The largest absolute Gasteiger partial charge is 0.310 e. The fraction of sp³-hybridized carbons (Fsp3) is 0.375. The molecule has 0 aliphatic rings. The zero-order valence-corrected chi connectivity index (χ0v) is 13.5. The van der Waals surface area contributed by atoms with E-state index in [1.807, 2.05) is 25.4 Å². The van der Waals surface area contributed by atoms with E-state index in [-0.39, 0.29) is 6.04 Å². The van der Waals surface area contributed by atoms with Crippen LogP contribution in [-0.4, -0.2) is 16.5 Å². The van der Waals surface area contributed by atoms with E-state index in [1.165, 1.54) is 5.56 Å². The molecule has 1 atom stereocenters. The number of hydrogen-bond acceptors (Lipinski definition) is 3. The summed E-state index contributed by atoms with van der Waals surface area (Å²) in [6.07, 6.45) is 5.79. The van der Waals surface area contributed by atoms with Crippen molar-refractivity contribution < 1.29 is 0 Å². The standard InChI is InChI=1S/C16H20BrN3/c1-3-8-18-16(13-5-4-12(2)19-10-13)9-15-7-6-14(17)11-20-15/h4-7,10-11,16,18H,3,8-9H2,1-2H3. The van der Waals surface area contributed by atoms with Crippen LogP contribution in [0, 0.1) is 6.92 Å².